The average Bonchev–Trinajstić information content (AvgIpc) is 3.29. The first kappa shape index (κ1) is 20.7. The molecule has 3 heterocycles. The summed E-state index contributed by atoms with van der Waals surface area (Å²) in [6, 6.07) is 10.0. The van der Waals surface area contributed by atoms with Gasteiger partial charge in [-0.1, -0.05) is 49.4 Å². The van der Waals surface area contributed by atoms with Crippen molar-refractivity contribution >= 4 is 55.4 Å². The summed E-state index contributed by atoms with van der Waals surface area (Å²) in [4.78, 5) is 18.0. The van der Waals surface area contributed by atoms with Crippen LogP contribution in [0.25, 0.3) is 21.3 Å². The third-order valence-electron chi connectivity index (χ3n) is 4.84. The number of aromatic nitrogens is 3. The largest absolute Gasteiger partial charge is 0.397 e. The van der Waals surface area contributed by atoms with E-state index in [-0.39, 0.29) is 21.9 Å². The number of hydrogen-bond acceptors (Lipinski definition) is 9. The third-order valence-corrected chi connectivity index (χ3v) is 6.69. The first-order valence-corrected chi connectivity index (χ1v) is 11.1. The lowest BCUT2D eigenvalue weighted by molar-refractivity contribution is 0.103. The smallest absolute Gasteiger partial charge is 0.269 e. The van der Waals surface area contributed by atoms with Gasteiger partial charge in [0.25, 0.3) is 5.91 Å². The van der Waals surface area contributed by atoms with Crippen LogP contribution in [-0.2, 0) is 0 Å². The van der Waals surface area contributed by atoms with E-state index in [1.807, 2.05) is 24.3 Å². The Morgan fingerprint density at radius 3 is 2.45 bits per heavy atom. The van der Waals surface area contributed by atoms with Gasteiger partial charge in [-0.15, -0.1) is 21.5 Å². The number of hydrogen-bond donors (Lipinski definition) is 3. The molecule has 4 rings (SSSR count). The maximum Gasteiger partial charge on any atom is 0.269 e. The number of aryl methyl sites for hydroxylation is 1. The molecule has 3 aromatic heterocycles. The summed E-state index contributed by atoms with van der Waals surface area (Å²) < 4.78 is 0. The van der Waals surface area contributed by atoms with Gasteiger partial charge in [0.05, 0.1) is 5.69 Å². The predicted molar refractivity (Wildman–Crippen MR) is 125 cm³/mol. The van der Waals surface area contributed by atoms with Crippen LogP contribution in [-0.4, -0.2) is 21.1 Å². The van der Waals surface area contributed by atoms with Crippen molar-refractivity contribution in [1.82, 2.24) is 15.2 Å². The number of carbonyl (C=O) groups excluding carboxylic acids is 1. The van der Waals surface area contributed by atoms with Gasteiger partial charge in [-0.2, -0.15) is 5.26 Å². The Hall–Kier alpha value is -3.55. The van der Waals surface area contributed by atoms with E-state index < -0.39 is 5.91 Å². The number of nitrogens with one attached hydrogen (secondary N) is 1. The topological polar surface area (TPSA) is 144 Å². The summed E-state index contributed by atoms with van der Waals surface area (Å²) in [5.41, 5.74) is 15.5. The minimum Gasteiger partial charge on any atom is -0.397 e. The summed E-state index contributed by atoms with van der Waals surface area (Å²) in [5, 5.41) is 22.0. The molecule has 156 valence electrons. The lowest BCUT2D eigenvalue weighted by atomic mass is 9.94. The van der Waals surface area contributed by atoms with Crippen LogP contribution in [0.4, 0.5) is 16.6 Å². The molecule has 0 spiro atoms. The summed E-state index contributed by atoms with van der Waals surface area (Å²) in [6.45, 7) is 6.02. The molecule has 10 heteroatoms. The minimum atomic E-state index is -0.408. The zero-order valence-electron chi connectivity index (χ0n) is 17.1. The normalized spacial score (nSPS) is 11.1. The van der Waals surface area contributed by atoms with Crippen LogP contribution in [0.15, 0.2) is 24.3 Å². The van der Waals surface area contributed by atoms with Gasteiger partial charge in [0, 0.05) is 10.9 Å². The van der Waals surface area contributed by atoms with Gasteiger partial charge in [-0.3, -0.25) is 10.1 Å². The highest BCUT2D eigenvalue weighted by Crippen LogP contribution is 2.43. The van der Waals surface area contributed by atoms with Crippen molar-refractivity contribution in [3.63, 3.8) is 0 Å². The number of rotatable bonds is 4. The second kappa shape index (κ2) is 7.94. The molecule has 0 bridgehead atoms. The summed E-state index contributed by atoms with van der Waals surface area (Å²) in [7, 11) is 0. The maximum atomic E-state index is 12.9. The van der Waals surface area contributed by atoms with E-state index in [0.717, 1.165) is 21.9 Å². The Balaban J connectivity index is 1.88. The highest BCUT2D eigenvalue weighted by Gasteiger charge is 2.25. The number of carbonyl (C=O) groups is 1. The molecule has 4 aromatic rings. The average molecular weight is 450 g/mol. The van der Waals surface area contributed by atoms with Crippen LogP contribution < -0.4 is 16.8 Å². The molecule has 0 radical (unpaired) electrons. The van der Waals surface area contributed by atoms with E-state index in [1.54, 1.807) is 6.92 Å². The van der Waals surface area contributed by atoms with Crippen LogP contribution in [0.5, 0.6) is 0 Å². The van der Waals surface area contributed by atoms with Crippen molar-refractivity contribution in [2.75, 3.05) is 16.8 Å². The number of pyridine rings is 1. The monoisotopic (exact) mass is 449 g/mol. The molecule has 5 N–H and O–H groups in total. The fourth-order valence-electron chi connectivity index (χ4n) is 3.28. The molecule has 1 aromatic carbocycles. The fourth-order valence-corrected chi connectivity index (χ4v) is 4.87. The molecule has 0 unspecified atom stereocenters. The fraction of sp³-hybridized carbons (Fsp3) is 0.190. The van der Waals surface area contributed by atoms with E-state index in [0.29, 0.717) is 26.8 Å². The number of benzene rings is 1. The lowest BCUT2D eigenvalue weighted by Crippen LogP contribution is -2.11. The van der Waals surface area contributed by atoms with Gasteiger partial charge in [-0.05, 0) is 24.0 Å². The molecule has 0 aliphatic heterocycles. The predicted octanol–water partition coefficient (Wildman–Crippen LogP) is 4.54. The van der Waals surface area contributed by atoms with Crippen molar-refractivity contribution in [2.45, 2.75) is 26.7 Å². The maximum absolute atomic E-state index is 12.9. The van der Waals surface area contributed by atoms with Crippen LogP contribution in [0.2, 0.25) is 0 Å². The quantitative estimate of drug-likeness (QED) is 0.415. The van der Waals surface area contributed by atoms with Crippen LogP contribution in [0, 0.1) is 18.3 Å². The standard InChI is InChI=1S/C21H19N7OS2/c1-9(2)11-4-6-12(7-5-11)14-13(8-22)18(24)25-20-15(14)16(23)17(31-20)19(29)26-21-28-27-10(3)30-21/h4-7,9H,23H2,1-3H3,(H2,24,25)(H,26,28,29). The summed E-state index contributed by atoms with van der Waals surface area (Å²) in [6.07, 6.45) is 0. The Morgan fingerprint density at radius 2 is 1.87 bits per heavy atom. The third kappa shape index (κ3) is 3.69. The highest BCUT2D eigenvalue weighted by molar-refractivity contribution is 7.21. The number of fused-ring (bicyclic) bond motifs is 1. The van der Waals surface area contributed by atoms with E-state index in [4.69, 9.17) is 11.5 Å². The number of nitrogens with two attached hydrogens (primary N) is 2. The first-order valence-electron chi connectivity index (χ1n) is 9.43. The second-order valence-electron chi connectivity index (χ2n) is 7.24. The van der Waals surface area contributed by atoms with Crippen molar-refractivity contribution in [2.24, 2.45) is 0 Å². The Kier molecular flexibility index (Phi) is 5.31. The molecule has 0 saturated carbocycles. The summed E-state index contributed by atoms with van der Waals surface area (Å²) in [5.74, 6) is 0.0678. The molecule has 0 aliphatic rings. The van der Waals surface area contributed by atoms with E-state index in [1.165, 1.54) is 16.9 Å². The molecule has 1 amide bonds. The van der Waals surface area contributed by atoms with E-state index in [2.05, 4.69) is 40.4 Å². The molecule has 31 heavy (non-hydrogen) atoms. The van der Waals surface area contributed by atoms with Gasteiger partial charge in [0.1, 0.15) is 32.2 Å². The van der Waals surface area contributed by atoms with Crippen molar-refractivity contribution in [3.8, 4) is 17.2 Å². The van der Waals surface area contributed by atoms with Crippen molar-refractivity contribution in [3.05, 3.63) is 45.3 Å². The number of nitriles is 1. The number of thiophene rings is 1. The zero-order chi connectivity index (χ0) is 22.3. The number of nitrogen functional groups attached to an aromatic ring is 2. The molecule has 0 atom stereocenters. The number of amides is 1. The molecule has 0 fully saturated rings. The Morgan fingerprint density at radius 1 is 1.16 bits per heavy atom. The van der Waals surface area contributed by atoms with Crippen molar-refractivity contribution < 1.29 is 4.79 Å². The van der Waals surface area contributed by atoms with E-state index in [9.17, 15) is 10.1 Å². The van der Waals surface area contributed by atoms with Crippen LogP contribution >= 0.6 is 22.7 Å². The lowest BCUT2D eigenvalue weighted by Gasteiger charge is -2.11. The molecular weight excluding hydrogens is 430 g/mol. The highest BCUT2D eigenvalue weighted by atomic mass is 32.1. The van der Waals surface area contributed by atoms with Gasteiger partial charge < -0.3 is 11.5 Å². The van der Waals surface area contributed by atoms with Gasteiger partial charge in [0.2, 0.25) is 5.13 Å². The first-order chi connectivity index (χ1) is 14.8. The Bertz CT molecular complexity index is 1350. The molecule has 0 aliphatic carbocycles. The van der Waals surface area contributed by atoms with Crippen LogP contribution in [0.3, 0.4) is 0 Å². The molecular formula is C21H19N7OS2. The zero-order valence-corrected chi connectivity index (χ0v) is 18.7. The van der Waals surface area contributed by atoms with E-state index >= 15 is 0 Å². The SMILES string of the molecule is Cc1nnc(NC(=O)c2sc3nc(N)c(C#N)c(-c4ccc(C(C)C)cc4)c3c2N)s1. The Labute approximate surface area is 186 Å². The van der Waals surface area contributed by atoms with Gasteiger partial charge in [-0.25, -0.2) is 4.98 Å². The number of nitrogens with zero attached hydrogens (tertiary/aromatic N) is 4. The van der Waals surface area contributed by atoms with Crippen LogP contribution in [0.1, 0.15) is 45.6 Å². The molecule has 0 saturated heterocycles. The van der Waals surface area contributed by atoms with Crippen molar-refractivity contribution in [1.29, 1.82) is 5.26 Å². The van der Waals surface area contributed by atoms with Gasteiger partial charge in [0.15, 0.2) is 0 Å². The van der Waals surface area contributed by atoms with Gasteiger partial charge >= 0.3 is 0 Å². The summed E-state index contributed by atoms with van der Waals surface area (Å²) >= 11 is 2.39. The second-order valence-corrected chi connectivity index (χ2v) is 9.42. The number of anilines is 3. The molecule has 8 nitrogen and oxygen atoms in total. The minimum absolute atomic E-state index is 0.103.